The zero-order valence-electron chi connectivity index (χ0n) is 14.9. The van der Waals surface area contributed by atoms with E-state index in [1.807, 2.05) is 30.3 Å². The van der Waals surface area contributed by atoms with Crippen LogP contribution in [0.1, 0.15) is 25.0 Å². The van der Waals surface area contributed by atoms with E-state index in [2.05, 4.69) is 9.88 Å². The normalized spacial score (nSPS) is 25.3. The zero-order chi connectivity index (χ0) is 18.0. The fourth-order valence-electron chi connectivity index (χ4n) is 4.26. The summed E-state index contributed by atoms with van der Waals surface area (Å²) >= 11 is 0. The van der Waals surface area contributed by atoms with Crippen LogP contribution in [0.5, 0.6) is 0 Å². The van der Waals surface area contributed by atoms with E-state index in [1.54, 1.807) is 6.26 Å². The topological polar surface area (TPSA) is 79.0 Å². The van der Waals surface area contributed by atoms with Crippen LogP contribution in [-0.4, -0.2) is 58.6 Å². The second-order valence-corrected chi connectivity index (χ2v) is 7.35. The van der Waals surface area contributed by atoms with Crippen LogP contribution in [0, 0.1) is 5.41 Å². The molecule has 1 saturated heterocycles. The molecule has 1 aliphatic heterocycles. The molecule has 1 spiro atoms. The van der Waals surface area contributed by atoms with E-state index in [-0.39, 0.29) is 24.2 Å². The Balaban J connectivity index is 1.34. The molecular weight excluding hydrogens is 332 g/mol. The van der Waals surface area contributed by atoms with Crippen LogP contribution < -0.4 is 0 Å². The predicted octanol–water partition coefficient (Wildman–Crippen LogP) is 2.07. The van der Waals surface area contributed by atoms with Crippen molar-refractivity contribution in [3.8, 4) is 11.5 Å². The lowest BCUT2D eigenvalue weighted by Gasteiger charge is -2.56. The molecule has 2 aliphatic rings. The summed E-state index contributed by atoms with van der Waals surface area (Å²) in [4.78, 5) is 6.96. The van der Waals surface area contributed by atoms with Gasteiger partial charge in [0.1, 0.15) is 6.26 Å². The lowest BCUT2D eigenvalue weighted by Crippen LogP contribution is -2.62. The van der Waals surface area contributed by atoms with Gasteiger partial charge in [-0.3, -0.25) is 4.90 Å². The number of nitrogens with zero attached hydrogens (tertiary/aromatic N) is 2. The number of piperidine rings is 1. The number of hydrogen-bond donors (Lipinski definition) is 2. The Labute approximate surface area is 153 Å². The highest BCUT2D eigenvalue weighted by Gasteiger charge is 2.56. The molecule has 1 aliphatic carbocycles. The lowest BCUT2D eigenvalue weighted by atomic mass is 9.58. The second kappa shape index (κ2) is 7.48. The van der Waals surface area contributed by atoms with Gasteiger partial charge in [-0.1, -0.05) is 18.2 Å². The summed E-state index contributed by atoms with van der Waals surface area (Å²) in [7, 11) is 0. The van der Waals surface area contributed by atoms with Gasteiger partial charge in [-0.2, -0.15) is 0 Å². The summed E-state index contributed by atoms with van der Waals surface area (Å²) in [6, 6.07) is 9.91. The Morgan fingerprint density at radius 1 is 1.23 bits per heavy atom. The first-order valence-corrected chi connectivity index (χ1v) is 9.34. The molecule has 2 heterocycles. The quantitative estimate of drug-likeness (QED) is 0.823. The molecule has 2 N–H and O–H groups in total. The number of ether oxygens (including phenoxy) is 1. The Hall–Kier alpha value is -1.73. The summed E-state index contributed by atoms with van der Waals surface area (Å²) in [5, 5.41) is 19.3. The van der Waals surface area contributed by atoms with Gasteiger partial charge < -0.3 is 19.4 Å². The second-order valence-electron chi connectivity index (χ2n) is 7.35. The third-order valence-corrected chi connectivity index (χ3v) is 5.90. The largest absolute Gasteiger partial charge is 0.444 e. The molecule has 2 fully saturated rings. The molecule has 0 amide bonds. The summed E-state index contributed by atoms with van der Waals surface area (Å²) in [5.41, 5.74) is 1.78. The maximum Gasteiger partial charge on any atom is 0.226 e. The van der Waals surface area contributed by atoms with Gasteiger partial charge in [-0.15, -0.1) is 0 Å². The third kappa shape index (κ3) is 3.30. The van der Waals surface area contributed by atoms with Gasteiger partial charge in [0.15, 0.2) is 0 Å². The minimum absolute atomic E-state index is 0.0324. The molecule has 2 atom stereocenters. The molecule has 1 saturated carbocycles. The van der Waals surface area contributed by atoms with E-state index in [0.29, 0.717) is 18.9 Å². The van der Waals surface area contributed by atoms with Gasteiger partial charge in [-0.05, 0) is 38.1 Å². The fourth-order valence-corrected chi connectivity index (χ4v) is 4.26. The summed E-state index contributed by atoms with van der Waals surface area (Å²) < 4.78 is 11.4. The van der Waals surface area contributed by atoms with Crippen LogP contribution in [0.3, 0.4) is 0 Å². The van der Waals surface area contributed by atoms with E-state index in [9.17, 15) is 5.11 Å². The molecular formula is C20H26N2O4. The molecule has 26 heavy (non-hydrogen) atoms. The average Bonchev–Trinajstić information content (AvgIpc) is 3.15. The number of aliphatic hydroxyl groups excluding tert-OH is 2. The maximum absolute atomic E-state index is 10.3. The van der Waals surface area contributed by atoms with Crippen LogP contribution in [0.4, 0.5) is 0 Å². The lowest BCUT2D eigenvalue weighted by molar-refractivity contribution is -0.213. The minimum Gasteiger partial charge on any atom is -0.444 e. The van der Waals surface area contributed by atoms with Gasteiger partial charge >= 0.3 is 0 Å². The molecule has 6 heteroatoms. The van der Waals surface area contributed by atoms with Crippen molar-refractivity contribution in [2.45, 2.75) is 38.0 Å². The number of rotatable bonds is 6. The van der Waals surface area contributed by atoms with E-state index in [4.69, 9.17) is 14.3 Å². The van der Waals surface area contributed by atoms with E-state index in [0.717, 1.165) is 43.7 Å². The first kappa shape index (κ1) is 17.7. The maximum atomic E-state index is 10.3. The molecule has 140 valence electrons. The van der Waals surface area contributed by atoms with Crippen LogP contribution >= 0.6 is 0 Å². The Kier molecular flexibility index (Phi) is 5.09. The Morgan fingerprint density at radius 2 is 2.00 bits per heavy atom. The summed E-state index contributed by atoms with van der Waals surface area (Å²) in [6.45, 7) is 2.95. The van der Waals surface area contributed by atoms with Crippen LogP contribution in [0.15, 0.2) is 41.0 Å². The van der Waals surface area contributed by atoms with Gasteiger partial charge in [0.2, 0.25) is 5.89 Å². The van der Waals surface area contributed by atoms with Crippen molar-refractivity contribution in [2.75, 3.05) is 26.3 Å². The van der Waals surface area contributed by atoms with Crippen molar-refractivity contribution < 1.29 is 19.4 Å². The molecule has 0 radical (unpaired) electrons. The Bertz CT molecular complexity index is 710. The standard InChI is InChI=1S/C20H26N2O4/c23-10-11-25-18-12-17(24)20(18)6-8-22(9-7-20)13-16-14-26-19(21-16)15-4-2-1-3-5-15/h1-5,14,17-18,23-24H,6-13H2/t17-,18+/m1/s1. The monoisotopic (exact) mass is 358 g/mol. The average molecular weight is 358 g/mol. The summed E-state index contributed by atoms with van der Waals surface area (Å²) in [5.74, 6) is 0.654. The minimum atomic E-state index is -0.287. The molecule has 6 nitrogen and oxygen atoms in total. The predicted molar refractivity (Wildman–Crippen MR) is 96.3 cm³/mol. The van der Waals surface area contributed by atoms with Gasteiger partial charge in [-0.25, -0.2) is 4.98 Å². The highest BCUT2D eigenvalue weighted by atomic mass is 16.5. The van der Waals surface area contributed by atoms with Gasteiger partial charge in [0.05, 0.1) is 31.1 Å². The van der Waals surface area contributed by atoms with Gasteiger partial charge in [0, 0.05) is 23.9 Å². The first-order valence-electron chi connectivity index (χ1n) is 9.34. The number of hydrogen-bond acceptors (Lipinski definition) is 6. The van der Waals surface area contributed by atoms with Crippen LogP contribution in [-0.2, 0) is 11.3 Å². The van der Waals surface area contributed by atoms with Crippen molar-refractivity contribution in [1.82, 2.24) is 9.88 Å². The zero-order valence-corrected chi connectivity index (χ0v) is 14.9. The van der Waals surface area contributed by atoms with Crippen molar-refractivity contribution in [1.29, 1.82) is 0 Å². The number of likely N-dealkylation sites (tertiary alicyclic amines) is 1. The van der Waals surface area contributed by atoms with E-state index >= 15 is 0 Å². The molecule has 0 bridgehead atoms. The van der Waals surface area contributed by atoms with Crippen LogP contribution in [0.25, 0.3) is 11.5 Å². The fraction of sp³-hybridized carbons (Fsp3) is 0.550. The van der Waals surface area contributed by atoms with Crippen molar-refractivity contribution >= 4 is 0 Å². The molecule has 1 aromatic heterocycles. The van der Waals surface area contributed by atoms with Crippen molar-refractivity contribution in [2.24, 2.45) is 5.41 Å². The first-order chi connectivity index (χ1) is 12.7. The summed E-state index contributed by atoms with van der Waals surface area (Å²) in [6.07, 6.45) is 4.02. The number of benzene rings is 1. The van der Waals surface area contributed by atoms with Crippen molar-refractivity contribution in [3.05, 3.63) is 42.3 Å². The smallest absolute Gasteiger partial charge is 0.226 e. The van der Waals surface area contributed by atoms with Gasteiger partial charge in [0.25, 0.3) is 0 Å². The highest BCUT2D eigenvalue weighted by molar-refractivity contribution is 5.52. The molecule has 1 aromatic carbocycles. The van der Waals surface area contributed by atoms with E-state index < -0.39 is 0 Å². The molecule has 4 rings (SSSR count). The van der Waals surface area contributed by atoms with Crippen LogP contribution in [0.2, 0.25) is 0 Å². The Morgan fingerprint density at radius 3 is 2.69 bits per heavy atom. The number of aromatic nitrogens is 1. The SMILES string of the molecule is OCCO[C@H]1C[C@@H](O)C12CCN(Cc1coc(-c3ccccc3)n1)CC2. The highest BCUT2D eigenvalue weighted by Crippen LogP contribution is 2.51. The number of aliphatic hydroxyl groups is 2. The molecule has 2 aromatic rings. The van der Waals surface area contributed by atoms with E-state index in [1.165, 1.54) is 0 Å². The van der Waals surface area contributed by atoms with Crippen molar-refractivity contribution in [3.63, 3.8) is 0 Å². The number of oxazole rings is 1. The molecule has 0 unspecified atom stereocenters. The third-order valence-electron chi connectivity index (χ3n) is 5.90.